The van der Waals surface area contributed by atoms with E-state index in [4.69, 9.17) is 16.7 Å². The van der Waals surface area contributed by atoms with E-state index in [9.17, 15) is 9.59 Å². The van der Waals surface area contributed by atoms with Crippen LogP contribution in [0.1, 0.15) is 12.0 Å². The highest BCUT2D eigenvalue weighted by Gasteiger charge is 2.23. The molecule has 1 heterocycles. The van der Waals surface area contributed by atoms with Gasteiger partial charge in [0.05, 0.1) is 0 Å². The van der Waals surface area contributed by atoms with Gasteiger partial charge in [-0.3, -0.25) is 9.59 Å². The Morgan fingerprint density at radius 3 is 2.59 bits per heavy atom. The predicted molar refractivity (Wildman–Crippen MR) is 92.7 cm³/mol. The minimum absolute atomic E-state index is 0.0997. The molecule has 0 radical (unpaired) electrons. The second-order valence-corrected chi connectivity index (χ2v) is 8.04. The SMILES string of the molecule is O=C(O)CN(Cc1ccc(Cl)cc1)C(=O)CC1CSCCS1. The number of carbonyl (C=O) groups excluding carboxylic acids is 1. The molecule has 1 aliphatic rings. The third-order valence-electron chi connectivity index (χ3n) is 3.25. The van der Waals surface area contributed by atoms with Crippen molar-refractivity contribution < 1.29 is 14.7 Å². The summed E-state index contributed by atoms with van der Waals surface area (Å²) in [6.07, 6.45) is 0.401. The summed E-state index contributed by atoms with van der Waals surface area (Å²) in [6, 6.07) is 7.12. The summed E-state index contributed by atoms with van der Waals surface area (Å²) in [6.45, 7) is 0.0266. The number of halogens is 1. The fraction of sp³-hybridized carbons (Fsp3) is 0.467. The molecule has 1 unspecified atom stereocenters. The molecular weight excluding hydrogens is 342 g/mol. The predicted octanol–water partition coefficient (Wildman–Crippen LogP) is 2.99. The molecule has 1 aromatic carbocycles. The van der Waals surface area contributed by atoms with Crippen molar-refractivity contribution in [3.8, 4) is 0 Å². The summed E-state index contributed by atoms with van der Waals surface area (Å²) in [5.74, 6) is 2.04. The van der Waals surface area contributed by atoms with Crippen molar-refractivity contribution in [2.24, 2.45) is 0 Å². The Kier molecular flexibility index (Phi) is 6.92. The van der Waals surface area contributed by atoms with Gasteiger partial charge in [-0.1, -0.05) is 23.7 Å². The van der Waals surface area contributed by atoms with E-state index in [0.29, 0.717) is 18.0 Å². The van der Waals surface area contributed by atoms with Crippen LogP contribution in [0.4, 0.5) is 0 Å². The molecule has 1 saturated heterocycles. The maximum atomic E-state index is 12.4. The molecule has 1 aliphatic heterocycles. The molecule has 0 spiro atoms. The van der Waals surface area contributed by atoms with Gasteiger partial charge in [0.15, 0.2) is 0 Å². The Bertz CT molecular complexity index is 518. The van der Waals surface area contributed by atoms with E-state index in [0.717, 1.165) is 22.8 Å². The lowest BCUT2D eigenvalue weighted by Crippen LogP contribution is -2.37. The fourth-order valence-corrected chi connectivity index (χ4v) is 4.98. The van der Waals surface area contributed by atoms with E-state index >= 15 is 0 Å². The van der Waals surface area contributed by atoms with Crippen LogP contribution in [0.2, 0.25) is 5.02 Å². The van der Waals surface area contributed by atoms with E-state index < -0.39 is 5.97 Å². The number of rotatable bonds is 6. The smallest absolute Gasteiger partial charge is 0.323 e. The first-order valence-electron chi connectivity index (χ1n) is 6.98. The molecule has 0 aliphatic carbocycles. The molecule has 1 fully saturated rings. The van der Waals surface area contributed by atoms with Gasteiger partial charge in [-0.05, 0) is 17.7 Å². The number of thioether (sulfide) groups is 2. The van der Waals surface area contributed by atoms with E-state index in [1.165, 1.54) is 4.90 Å². The number of hydrogen-bond donors (Lipinski definition) is 1. The Hall–Kier alpha value is -0.850. The summed E-state index contributed by atoms with van der Waals surface area (Å²) in [4.78, 5) is 24.9. The zero-order chi connectivity index (χ0) is 15.9. The number of hydrogen-bond acceptors (Lipinski definition) is 4. The molecule has 0 bridgehead atoms. The second kappa shape index (κ2) is 8.70. The number of nitrogens with zero attached hydrogens (tertiary/aromatic N) is 1. The highest BCUT2D eigenvalue weighted by molar-refractivity contribution is 8.06. The van der Waals surface area contributed by atoms with Crippen molar-refractivity contribution in [3.63, 3.8) is 0 Å². The van der Waals surface area contributed by atoms with Gasteiger partial charge in [0.1, 0.15) is 6.54 Å². The highest BCUT2D eigenvalue weighted by atomic mass is 35.5. The van der Waals surface area contributed by atoms with Crippen LogP contribution in [0.25, 0.3) is 0 Å². The summed E-state index contributed by atoms with van der Waals surface area (Å²) in [7, 11) is 0. The normalized spacial score (nSPS) is 18.0. The van der Waals surface area contributed by atoms with Gasteiger partial charge in [-0.2, -0.15) is 23.5 Å². The largest absolute Gasteiger partial charge is 0.480 e. The van der Waals surface area contributed by atoms with Crippen molar-refractivity contribution in [2.75, 3.05) is 23.8 Å². The van der Waals surface area contributed by atoms with Gasteiger partial charge in [0.2, 0.25) is 5.91 Å². The van der Waals surface area contributed by atoms with Crippen molar-refractivity contribution in [3.05, 3.63) is 34.9 Å². The number of aliphatic carboxylic acids is 1. The molecule has 1 amide bonds. The molecule has 0 saturated carbocycles. The number of amides is 1. The highest BCUT2D eigenvalue weighted by Crippen LogP contribution is 2.27. The molecule has 2 rings (SSSR count). The number of carboxylic acid groups (broad SMARTS) is 1. The molecule has 1 atom stereocenters. The lowest BCUT2D eigenvalue weighted by Gasteiger charge is -2.25. The Morgan fingerprint density at radius 2 is 2.00 bits per heavy atom. The van der Waals surface area contributed by atoms with Crippen LogP contribution >= 0.6 is 35.1 Å². The molecule has 1 aromatic rings. The Labute approximate surface area is 143 Å². The van der Waals surface area contributed by atoms with Crippen molar-refractivity contribution >= 4 is 47.0 Å². The van der Waals surface area contributed by atoms with Crippen molar-refractivity contribution in [1.29, 1.82) is 0 Å². The molecule has 1 N–H and O–H groups in total. The molecular formula is C15H18ClNO3S2. The van der Waals surface area contributed by atoms with Crippen LogP contribution < -0.4 is 0 Å². The molecule has 0 aromatic heterocycles. The van der Waals surface area contributed by atoms with Crippen molar-refractivity contribution in [1.82, 2.24) is 4.90 Å². The summed E-state index contributed by atoms with van der Waals surface area (Å²) in [5.41, 5.74) is 0.879. The maximum Gasteiger partial charge on any atom is 0.323 e. The zero-order valence-corrected chi connectivity index (χ0v) is 14.4. The van der Waals surface area contributed by atoms with E-state index in [1.807, 2.05) is 23.9 Å². The Balaban J connectivity index is 1.99. The topological polar surface area (TPSA) is 57.6 Å². The van der Waals surface area contributed by atoms with Gasteiger partial charge in [-0.15, -0.1) is 0 Å². The third-order valence-corrected chi connectivity index (χ3v) is 6.35. The van der Waals surface area contributed by atoms with Crippen LogP contribution in [0.5, 0.6) is 0 Å². The van der Waals surface area contributed by atoms with Crippen LogP contribution in [0, 0.1) is 0 Å². The van der Waals surface area contributed by atoms with Crippen LogP contribution in [-0.2, 0) is 16.1 Å². The lowest BCUT2D eigenvalue weighted by molar-refractivity contribution is -0.144. The molecule has 120 valence electrons. The van der Waals surface area contributed by atoms with Gasteiger partial charge in [-0.25, -0.2) is 0 Å². The van der Waals surface area contributed by atoms with Crippen LogP contribution in [0.15, 0.2) is 24.3 Å². The standard InChI is InChI=1S/C15H18ClNO3S2/c16-12-3-1-11(2-4-12)8-17(9-15(19)20)14(18)7-13-10-21-5-6-22-13/h1-4,13H,5-10H2,(H,19,20). The van der Waals surface area contributed by atoms with E-state index in [2.05, 4.69) is 0 Å². The van der Waals surface area contributed by atoms with Gasteiger partial charge < -0.3 is 10.0 Å². The van der Waals surface area contributed by atoms with E-state index in [-0.39, 0.29) is 17.7 Å². The fourth-order valence-electron chi connectivity index (χ4n) is 2.18. The maximum absolute atomic E-state index is 12.4. The van der Waals surface area contributed by atoms with Crippen LogP contribution in [0.3, 0.4) is 0 Å². The van der Waals surface area contributed by atoms with Gasteiger partial charge in [0, 0.05) is 40.5 Å². The first-order valence-corrected chi connectivity index (χ1v) is 9.56. The minimum Gasteiger partial charge on any atom is -0.480 e. The number of benzene rings is 1. The third kappa shape index (κ3) is 5.74. The molecule has 4 nitrogen and oxygen atoms in total. The van der Waals surface area contributed by atoms with Gasteiger partial charge in [0.25, 0.3) is 0 Å². The first-order chi connectivity index (χ1) is 10.5. The zero-order valence-electron chi connectivity index (χ0n) is 12.0. The lowest BCUT2D eigenvalue weighted by atomic mass is 10.2. The van der Waals surface area contributed by atoms with Gasteiger partial charge >= 0.3 is 5.97 Å². The monoisotopic (exact) mass is 359 g/mol. The van der Waals surface area contributed by atoms with Crippen LogP contribution in [-0.4, -0.2) is 50.9 Å². The summed E-state index contributed by atoms with van der Waals surface area (Å²) >= 11 is 9.50. The van der Waals surface area contributed by atoms with Crippen molar-refractivity contribution in [2.45, 2.75) is 18.2 Å². The minimum atomic E-state index is -0.993. The Morgan fingerprint density at radius 1 is 1.27 bits per heavy atom. The molecule has 22 heavy (non-hydrogen) atoms. The second-order valence-electron chi connectivity index (χ2n) is 5.04. The average molecular weight is 360 g/mol. The number of carbonyl (C=O) groups is 2. The number of carboxylic acids is 1. The summed E-state index contributed by atoms with van der Waals surface area (Å²) in [5, 5.41) is 9.94. The molecule has 7 heteroatoms. The van der Waals surface area contributed by atoms with E-state index in [1.54, 1.807) is 23.9 Å². The quantitative estimate of drug-likeness (QED) is 0.846. The average Bonchev–Trinajstić information content (AvgIpc) is 2.49. The first kappa shape index (κ1) is 17.5. The summed E-state index contributed by atoms with van der Waals surface area (Å²) < 4.78 is 0.